The molecule has 1 amide bonds. The number of hydrogen-bond donors (Lipinski definition) is 1. The number of benzene rings is 2. The normalized spacial score (nSPS) is 10.0. The second-order valence-corrected chi connectivity index (χ2v) is 5.29. The third kappa shape index (κ3) is 5.99. The van der Waals surface area contributed by atoms with Crippen LogP contribution in [0.5, 0.6) is 17.2 Å². The molecule has 2 aromatic rings. The van der Waals surface area contributed by atoms with Crippen LogP contribution in [0.2, 0.25) is 0 Å². The molecule has 0 aliphatic heterocycles. The third-order valence-corrected chi connectivity index (χ3v) is 3.19. The maximum Gasteiger partial charge on any atom is 0.344 e. The van der Waals surface area contributed by atoms with Gasteiger partial charge in [0.25, 0.3) is 0 Å². The maximum absolute atomic E-state index is 11.4. The first-order valence-corrected chi connectivity index (χ1v) is 8.01. The van der Waals surface area contributed by atoms with Crippen molar-refractivity contribution in [1.82, 2.24) is 0 Å². The van der Waals surface area contributed by atoms with Crippen LogP contribution in [-0.4, -0.2) is 30.0 Å². The predicted molar refractivity (Wildman–Crippen MR) is 96.0 cm³/mol. The molecule has 2 aromatic carbocycles. The first kappa shape index (κ1) is 19.7. The Bertz CT molecular complexity index is 834. The van der Waals surface area contributed by atoms with Gasteiger partial charge in [-0.15, -0.1) is 0 Å². The minimum absolute atomic E-state index is 0.111. The summed E-state index contributed by atoms with van der Waals surface area (Å²) in [5, 5.41) is 13.8. The van der Waals surface area contributed by atoms with Crippen molar-refractivity contribution < 1.29 is 28.7 Å². The van der Waals surface area contributed by atoms with E-state index in [1.165, 1.54) is 25.1 Å². The lowest BCUT2D eigenvalue weighted by atomic mass is 10.2. The molecule has 0 unspecified atom stereocenters. The fraction of sp³-hybridized carbons (Fsp3) is 0.222. The molecule has 9 nitrogen and oxygen atoms in total. The molecule has 0 aliphatic carbocycles. The summed E-state index contributed by atoms with van der Waals surface area (Å²) in [6, 6.07) is 10.5. The number of anilines is 1. The fourth-order valence-corrected chi connectivity index (χ4v) is 2.11. The fourth-order valence-electron chi connectivity index (χ4n) is 2.11. The van der Waals surface area contributed by atoms with Crippen LogP contribution in [0.15, 0.2) is 42.5 Å². The van der Waals surface area contributed by atoms with Gasteiger partial charge in [-0.05, 0) is 37.3 Å². The first-order chi connectivity index (χ1) is 12.9. The minimum atomic E-state index is -0.633. The average Bonchev–Trinajstić information content (AvgIpc) is 2.61. The molecule has 0 radical (unpaired) electrons. The third-order valence-electron chi connectivity index (χ3n) is 3.19. The lowest BCUT2D eigenvalue weighted by molar-refractivity contribution is -0.385. The number of ether oxygens (including phenoxy) is 3. The summed E-state index contributed by atoms with van der Waals surface area (Å²) in [5.41, 5.74) is 0.310. The van der Waals surface area contributed by atoms with Crippen LogP contribution in [0, 0.1) is 10.1 Å². The zero-order valence-electron chi connectivity index (χ0n) is 14.8. The Morgan fingerprint density at radius 2 is 1.78 bits per heavy atom. The van der Waals surface area contributed by atoms with E-state index in [9.17, 15) is 19.7 Å². The van der Waals surface area contributed by atoms with Gasteiger partial charge in [0.1, 0.15) is 11.5 Å². The van der Waals surface area contributed by atoms with Crippen LogP contribution >= 0.6 is 0 Å². The van der Waals surface area contributed by atoms with Gasteiger partial charge < -0.3 is 19.5 Å². The Labute approximate surface area is 155 Å². The Hall–Kier alpha value is -3.62. The summed E-state index contributed by atoms with van der Waals surface area (Å²) in [7, 11) is 0. The molecule has 0 aliphatic rings. The van der Waals surface area contributed by atoms with Gasteiger partial charge in [-0.3, -0.25) is 14.9 Å². The van der Waals surface area contributed by atoms with Gasteiger partial charge in [0.05, 0.1) is 11.5 Å². The molecule has 0 fully saturated rings. The van der Waals surface area contributed by atoms with Crippen molar-refractivity contribution >= 4 is 23.3 Å². The molecule has 0 heterocycles. The van der Waals surface area contributed by atoms with Crippen molar-refractivity contribution in [2.75, 3.05) is 18.5 Å². The highest BCUT2D eigenvalue weighted by Gasteiger charge is 2.18. The van der Waals surface area contributed by atoms with Crippen LogP contribution in [-0.2, 0) is 14.3 Å². The van der Waals surface area contributed by atoms with Gasteiger partial charge in [0, 0.05) is 24.7 Å². The van der Waals surface area contributed by atoms with Crippen LogP contribution in [0.4, 0.5) is 11.4 Å². The smallest absolute Gasteiger partial charge is 0.344 e. The van der Waals surface area contributed by atoms with Crippen LogP contribution in [0.3, 0.4) is 0 Å². The van der Waals surface area contributed by atoms with Gasteiger partial charge in [0.15, 0.2) is 6.61 Å². The van der Waals surface area contributed by atoms with Crippen LogP contribution in [0.1, 0.15) is 13.8 Å². The monoisotopic (exact) mass is 374 g/mol. The second-order valence-electron chi connectivity index (χ2n) is 5.29. The summed E-state index contributed by atoms with van der Waals surface area (Å²) in [6.07, 6.45) is 0. The molecule has 1 N–H and O–H groups in total. The molecular weight excluding hydrogens is 356 g/mol. The second kappa shape index (κ2) is 9.18. The van der Waals surface area contributed by atoms with Crippen molar-refractivity contribution in [2.24, 2.45) is 0 Å². The van der Waals surface area contributed by atoms with E-state index in [0.29, 0.717) is 11.4 Å². The standard InChI is InChI=1S/C18H18N2O7/c1-3-25-18(22)11-26-17-10-15(8-9-16(17)20(23)24)27-14-6-4-13(5-7-14)19-12(2)21/h4-10H,3,11H2,1-2H3,(H,19,21). The van der Waals surface area contributed by atoms with Crippen molar-refractivity contribution in [3.63, 3.8) is 0 Å². The lowest BCUT2D eigenvalue weighted by Crippen LogP contribution is -2.15. The Morgan fingerprint density at radius 1 is 1.11 bits per heavy atom. The molecule has 27 heavy (non-hydrogen) atoms. The number of amides is 1. The van der Waals surface area contributed by atoms with Crippen molar-refractivity contribution in [2.45, 2.75) is 13.8 Å². The van der Waals surface area contributed by atoms with E-state index < -0.39 is 17.5 Å². The SMILES string of the molecule is CCOC(=O)COc1cc(Oc2ccc(NC(C)=O)cc2)ccc1[N+](=O)[O-]. The number of rotatable bonds is 8. The molecule has 0 saturated heterocycles. The molecule has 0 aromatic heterocycles. The van der Waals surface area contributed by atoms with Gasteiger partial charge >= 0.3 is 11.7 Å². The number of hydrogen-bond acceptors (Lipinski definition) is 7. The molecule has 0 saturated carbocycles. The largest absolute Gasteiger partial charge is 0.475 e. The molecule has 2 rings (SSSR count). The van der Waals surface area contributed by atoms with E-state index in [1.807, 2.05) is 0 Å². The van der Waals surface area contributed by atoms with E-state index >= 15 is 0 Å². The number of carbonyl (C=O) groups is 2. The Morgan fingerprint density at radius 3 is 2.37 bits per heavy atom. The number of nitrogens with one attached hydrogen (secondary N) is 1. The van der Waals surface area contributed by atoms with E-state index in [-0.39, 0.29) is 29.7 Å². The van der Waals surface area contributed by atoms with Crippen molar-refractivity contribution in [1.29, 1.82) is 0 Å². The highest BCUT2D eigenvalue weighted by molar-refractivity contribution is 5.88. The summed E-state index contributed by atoms with van der Waals surface area (Å²) >= 11 is 0. The van der Waals surface area contributed by atoms with Gasteiger partial charge in [-0.2, -0.15) is 0 Å². The van der Waals surface area contributed by atoms with Crippen molar-refractivity contribution in [3.8, 4) is 17.2 Å². The summed E-state index contributed by atoms with van der Waals surface area (Å²) in [6.45, 7) is 2.77. The van der Waals surface area contributed by atoms with E-state index in [2.05, 4.69) is 5.32 Å². The lowest BCUT2D eigenvalue weighted by Gasteiger charge is -2.10. The van der Waals surface area contributed by atoms with Crippen molar-refractivity contribution in [3.05, 3.63) is 52.6 Å². The number of carbonyl (C=O) groups excluding carboxylic acids is 2. The van der Waals surface area contributed by atoms with E-state index in [4.69, 9.17) is 14.2 Å². The molecule has 142 valence electrons. The number of esters is 1. The van der Waals surface area contributed by atoms with Gasteiger partial charge in [0.2, 0.25) is 11.7 Å². The highest BCUT2D eigenvalue weighted by Crippen LogP contribution is 2.33. The molecule has 0 spiro atoms. The van der Waals surface area contributed by atoms with Crippen LogP contribution < -0.4 is 14.8 Å². The molecular formula is C18H18N2O7. The van der Waals surface area contributed by atoms with Gasteiger partial charge in [-0.25, -0.2) is 4.79 Å². The quantitative estimate of drug-likeness (QED) is 0.428. The number of nitro benzene ring substituents is 1. The molecule has 0 atom stereocenters. The summed E-state index contributed by atoms with van der Waals surface area (Å²) < 4.78 is 15.6. The molecule has 0 bridgehead atoms. The van der Waals surface area contributed by atoms with E-state index in [0.717, 1.165) is 0 Å². The summed E-state index contributed by atoms with van der Waals surface area (Å²) in [5.74, 6) is -0.199. The molecule has 9 heteroatoms. The van der Waals surface area contributed by atoms with Gasteiger partial charge in [-0.1, -0.05) is 0 Å². The number of nitro groups is 1. The zero-order valence-corrected chi connectivity index (χ0v) is 14.8. The maximum atomic E-state index is 11.4. The first-order valence-electron chi connectivity index (χ1n) is 8.01. The minimum Gasteiger partial charge on any atom is -0.475 e. The highest BCUT2D eigenvalue weighted by atomic mass is 16.6. The van der Waals surface area contributed by atoms with E-state index in [1.54, 1.807) is 31.2 Å². The van der Waals surface area contributed by atoms with Crippen LogP contribution in [0.25, 0.3) is 0 Å². The summed E-state index contributed by atoms with van der Waals surface area (Å²) in [4.78, 5) is 32.9. The Kier molecular flexibility index (Phi) is 6.70. The predicted octanol–water partition coefficient (Wildman–Crippen LogP) is 3.29. The Balaban J connectivity index is 2.14. The average molecular weight is 374 g/mol. The zero-order chi connectivity index (χ0) is 19.8. The topological polar surface area (TPSA) is 117 Å². The number of nitrogens with zero attached hydrogens (tertiary/aromatic N) is 1.